The predicted octanol–water partition coefficient (Wildman–Crippen LogP) is 2.45. The molecule has 2 amide bonds. The SMILES string of the molecule is CN(C)c1ccc2c(C3=C(c4c[nH]c5ccccc45)C(=O)NC3=O)cn(CC(O)CN3CCOCC3)c2c1. The molecule has 0 radical (unpaired) electrons. The number of fused-ring (bicyclic) bond motifs is 2. The second kappa shape index (κ2) is 9.75. The van der Waals surface area contributed by atoms with Gasteiger partial charge in [0.2, 0.25) is 0 Å². The molecule has 1 atom stereocenters. The van der Waals surface area contributed by atoms with E-state index in [9.17, 15) is 14.7 Å². The molecule has 9 heteroatoms. The molecule has 4 heterocycles. The number of amides is 2. The lowest BCUT2D eigenvalue weighted by Crippen LogP contribution is -2.41. The zero-order valence-electron chi connectivity index (χ0n) is 21.5. The minimum absolute atomic E-state index is 0.351. The quantitative estimate of drug-likeness (QED) is 0.328. The van der Waals surface area contributed by atoms with E-state index in [-0.39, 0.29) is 0 Å². The summed E-state index contributed by atoms with van der Waals surface area (Å²) in [4.78, 5) is 33.8. The van der Waals surface area contributed by atoms with Crippen LogP contribution in [0.15, 0.2) is 54.9 Å². The van der Waals surface area contributed by atoms with E-state index < -0.39 is 17.9 Å². The molecule has 4 aromatic rings. The van der Waals surface area contributed by atoms with Gasteiger partial charge in [0, 0.05) is 85.8 Å². The van der Waals surface area contributed by atoms with E-state index in [4.69, 9.17) is 4.74 Å². The number of carbonyl (C=O) groups excluding carboxylic acids is 2. The molecule has 3 N–H and O–H groups in total. The lowest BCUT2D eigenvalue weighted by molar-refractivity contribution is -0.122. The molecule has 2 aromatic heterocycles. The highest BCUT2D eigenvalue weighted by molar-refractivity contribution is 6.50. The fourth-order valence-corrected chi connectivity index (χ4v) is 5.52. The summed E-state index contributed by atoms with van der Waals surface area (Å²) in [5.74, 6) is -0.826. The highest BCUT2D eigenvalue weighted by atomic mass is 16.5. The largest absolute Gasteiger partial charge is 0.390 e. The molecule has 9 nitrogen and oxygen atoms in total. The van der Waals surface area contributed by atoms with Crippen LogP contribution < -0.4 is 10.2 Å². The molecule has 2 aliphatic rings. The number of ether oxygens (including phenoxy) is 1. The molecule has 2 aliphatic heterocycles. The van der Waals surface area contributed by atoms with E-state index >= 15 is 0 Å². The molecular weight excluding hydrogens is 482 g/mol. The van der Waals surface area contributed by atoms with Crippen molar-refractivity contribution in [2.45, 2.75) is 12.6 Å². The van der Waals surface area contributed by atoms with Gasteiger partial charge in [-0.1, -0.05) is 24.3 Å². The molecule has 0 aliphatic carbocycles. The van der Waals surface area contributed by atoms with Crippen LogP contribution in [0.5, 0.6) is 0 Å². The van der Waals surface area contributed by atoms with Gasteiger partial charge in [-0.05, 0) is 18.2 Å². The average Bonchev–Trinajstić information content (AvgIpc) is 3.57. The summed E-state index contributed by atoms with van der Waals surface area (Å²) in [6, 6.07) is 13.8. The van der Waals surface area contributed by atoms with E-state index in [2.05, 4.69) is 21.3 Å². The number of H-pyrrole nitrogens is 1. The highest BCUT2D eigenvalue weighted by Crippen LogP contribution is 2.39. The first-order chi connectivity index (χ1) is 18.4. The Labute approximate surface area is 220 Å². The summed E-state index contributed by atoms with van der Waals surface area (Å²) >= 11 is 0. The van der Waals surface area contributed by atoms with Gasteiger partial charge in [-0.3, -0.25) is 19.8 Å². The van der Waals surface area contributed by atoms with Gasteiger partial charge in [-0.25, -0.2) is 0 Å². The Hall–Kier alpha value is -3.92. The first kappa shape index (κ1) is 24.4. The van der Waals surface area contributed by atoms with Gasteiger partial charge in [0.25, 0.3) is 11.8 Å². The molecule has 38 heavy (non-hydrogen) atoms. The van der Waals surface area contributed by atoms with Crippen LogP contribution in [0.4, 0.5) is 5.69 Å². The van der Waals surface area contributed by atoms with E-state index in [0.717, 1.165) is 40.6 Å². The van der Waals surface area contributed by atoms with Gasteiger partial charge < -0.3 is 24.3 Å². The van der Waals surface area contributed by atoms with Crippen LogP contribution in [0.1, 0.15) is 11.1 Å². The lowest BCUT2D eigenvalue weighted by atomic mass is 9.95. The van der Waals surface area contributed by atoms with Crippen LogP contribution in [0.2, 0.25) is 0 Å². The molecule has 1 fully saturated rings. The highest BCUT2D eigenvalue weighted by Gasteiger charge is 2.35. The van der Waals surface area contributed by atoms with Crippen LogP contribution in [0, 0.1) is 0 Å². The minimum atomic E-state index is -0.610. The van der Waals surface area contributed by atoms with Crippen molar-refractivity contribution < 1.29 is 19.4 Å². The third-order valence-corrected chi connectivity index (χ3v) is 7.42. The standard InChI is InChI=1S/C29H31N5O4/c1-32(2)18-7-8-21-23(17-34(25(21)13-18)16-19(35)15-33-9-11-38-12-10-33)27-26(28(36)31-29(27)37)22-14-30-24-6-4-3-5-20(22)24/h3-8,13-14,17,19,30,35H,9-12,15-16H2,1-2H3,(H,31,36,37). The second-order valence-corrected chi connectivity index (χ2v) is 10.1. The lowest BCUT2D eigenvalue weighted by Gasteiger charge is -2.28. The number of rotatable bonds is 7. The maximum absolute atomic E-state index is 13.3. The number of hydrogen-bond donors (Lipinski definition) is 3. The minimum Gasteiger partial charge on any atom is -0.390 e. The fraction of sp³-hybridized carbons (Fsp3) is 0.310. The van der Waals surface area contributed by atoms with Crippen LogP contribution in [-0.4, -0.2) is 84.4 Å². The number of β-amino-alcohol motifs (C(OH)–C–C–N with tert-alkyl or cyclic N) is 1. The van der Waals surface area contributed by atoms with Crippen molar-refractivity contribution in [3.8, 4) is 0 Å². The molecule has 1 saturated heterocycles. The van der Waals surface area contributed by atoms with Gasteiger partial charge in [0.1, 0.15) is 0 Å². The Kier molecular flexibility index (Phi) is 6.27. The fourth-order valence-electron chi connectivity index (χ4n) is 5.52. The van der Waals surface area contributed by atoms with E-state index in [0.29, 0.717) is 48.6 Å². The van der Waals surface area contributed by atoms with E-state index in [1.165, 1.54) is 0 Å². The number of para-hydroxylation sites is 1. The number of imide groups is 1. The number of aliphatic hydroxyl groups is 1. The maximum atomic E-state index is 13.3. The Bertz CT molecular complexity index is 1570. The zero-order valence-corrected chi connectivity index (χ0v) is 21.5. The van der Waals surface area contributed by atoms with Crippen LogP contribution in [-0.2, 0) is 20.9 Å². The first-order valence-electron chi connectivity index (χ1n) is 12.9. The number of hydrogen-bond acceptors (Lipinski definition) is 6. The van der Waals surface area contributed by atoms with Crippen LogP contribution in [0.25, 0.3) is 33.0 Å². The Morgan fingerprint density at radius 3 is 2.47 bits per heavy atom. The number of aromatic nitrogens is 2. The van der Waals surface area contributed by atoms with Gasteiger partial charge in [0.05, 0.1) is 36.0 Å². The summed E-state index contributed by atoms with van der Waals surface area (Å²) < 4.78 is 7.43. The predicted molar refractivity (Wildman–Crippen MR) is 148 cm³/mol. The molecule has 0 saturated carbocycles. The Morgan fingerprint density at radius 2 is 1.71 bits per heavy atom. The molecule has 0 bridgehead atoms. The molecule has 0 spiro atoms. The Balaban J connectivity index is 1.48. The zero-order chi connectivity index (χ0) is 26.4. The monoisotopic (exact) mass is 513 g/mol. The van der Waals surface area contributed by atoms with E-state index in [1.807, 2.05) is 66.2 Å². The van der Waals surface area contributed by atoms with Crippen molar-refractivity contribution in [3.05, 3.63) is 66.0 Å². The van der Waals surface area contributed by atoms with Crippen molar-refractivity contribution in [1.29, 1.82) is 0 Å². The number of benzene rings is 2. The van der Waals surface area contributed by atoms with Gasteiger partial charge in [-0.2, -0.15) is 0 Å². The van der Waals surface area contributed by atoms with Gasteiger partial charge in [-0.15, -0.1) is 0 Å². The normalized spacial score (nSPS) is 17.6. The smallest absolute Gasteiger partial charge is 0.259 e. The maximum Gasteiger partial charge on any atom is 0.259 e. The number of nitrogens with one attached hydrogen (secondary N) is 2. The number of aliphatic hydroxyl groups excluding tert-OH is 1. The number of carbonyl (C=O) groups is 2. The number of aromatic amines is 1. The molecule has 2 aromatic carbocycles. The number of anilines is 1. The Morgan fingerprint density at radius 1 is 0.974 bits per heavy atom. The summed E-state index contributed by atoms with van der Waals surface area (Å²) in [5, 5.41) is 15.3. The van der Waals surface area contributed by atoms with Gasteiger partial charge in [0.15, 0.2) is 0 Å². The summed E-state index contributed by atoms with van der Waals surface area (Å²) in [6.07, 6.45) is 3.07. The van der Waals surface area contributed by atoms with Crippen LogP contribution in [0.3, 0.4) is 0 Å². The van der Waals surface area contributed by atoms with Gasteiger partial charge >= 0.3 is 0 Å². The third kappa shape index (κ3) is 4.28. The third-order valence-electron chi connectivity index (χ3n) is 7.42. The number of nitrogens with zero attached hydrogens (tertiary/aromatic N) is 3. The summed E-state index contributed by atoms with van der Waals surface area (Å²) in [6.45, 7) is 3.82. The molecule has 1 unspecified atom stereocenters. The summed E-state index contributed by atoms with van der Waals surface area (Å²) in [5.41, 5.74) is 4.87. The summed E-state index contributed by atoms with van der Waals surface area (Å²) in [7, 11) is 3.95. The van der Waals surface area contributed by atoms with Crippen molar-refractivity contribution in [2.75, 3.05) is 51.8 Å². The van der Waals surface area contributed by atoms with Crippen molar-refractivity contribution in [2.24, 2.45) is 0 Å². The topological polar surface area (TPSA) is 103 Å². The van der Waals surface area contributed by atoms with Crippen molar-refractivity contribution in [1.82, 2.24) is 19.8 Å². The van der Waals surface area contributed by atoms with Crippen LogP contribution >= 0.6 is 0 Å². The first-order valence-corrected chi connectivity index (χ1v) is 12.9. The average molecular weight is 514 g/mol. The van der Waals surface area contributed by atoms with E-state index in [1.54, 1.807) is 6.20 Å². The molecule has 196 valence electrons. The number of morpholine rings is 1. The molecule has 6 rings (SSSR count). The van der Waals surface area contributed by atoms with Crippen molar-refractivity contribution in [3.63, 3.8) is 0 Å². The van der Waals surface area contributed by atoms with Crippen molar-refractivity contribution >= 4 is 50.5 Å². The molecular formula is C29H31N5O4. The second-order valence-electron chi connectivity index (χ2n) is 10.1.